The van der Waals surface area contributed by atoms with Crippen LogP contribution in [-0.4, -0.2) is 76.8 Å². The fraction of sp³-hybridized carbons (Fsp3) is 0.579. The number of amides is 1. The molecule has 5 atom stereocenters. The number of nitrogens with one attached hydrogen (secondary N) is 1. The van der Waals surface area contributed by atoms with Crippen molar-refractivity contribution in [2.24, 2.45) is 0 Å². The molecule has 0 aliphatic carbocycles. The lowest BCUT2D eigenvalue weighted by atomic mass is 9.97. The van der Waals surface area contributed by atoms with Crippen LogP contribution in [0.25, 0.3) is 0 Å². The van der Waals surface area contributed by atoms with Crippen molar-refractivity contribution in [2.75, 3.05) is 18.3 Å². The van der Waals surface area contributed by atoms with E-state index in [0.29, 0.717) is 0 Å². The molecule has 0 aromatic heterocycles. The summed E-state index contributed by atoms with van der Waals surface area (Å²) < 4.78 is 70.0. The van der Waals surface area contributed by atoms with Gasteiger partial charge in [0.05, 0.1) is 19.1 Å². The predicted molar refractivity (Wildman–Crippen MR) is 120 cm³/mol. The fourth-order valence-corrected chi connectivity index (χ4v) is 5.09. The van der Waals surface area contributed by atoms with E-state index in [2.05, 4.69) is 5.32 Å². The molecule has 1 aliphatic heterocycles. The van der Waals surface area contributed by atoms with Crippen molar-refractivity contribution in [3.05, 3.63) is 35.9 Å². The minimum atomic E-state index is -4.14. The van der Waals surface area contributed by atoms with Gasteiger partial charge in [0.25, 0.3) is 20.2 Å². The maximum atomic E-state index is 12.0. The summed E-state index contributed by atoms with van der Waals surface area (Å²) >= 11 is 0.833. The summed E-state index contributed by atoms with van der Waals surface area (Å²) in [5.41, 5.74) is 0.771. The first-order chi connectivity index (χ1) is 15.2. The maximum Gasteiger partial charge on any atom is 0.264 e. The number of hydrogen-bond donors (Lipinski definition) is 1. The van der Waals surface area contributed by atoms with E-state index < -0.39 is 56.8 Å². The second-order valence-electron chi connectivity index (χ2n) is 7.40. The van der Waals surface area contributed by atoms with Gasteiger partial charge in [0.15, 0.2) is 11.4 Å². The van der Waals surface area contributed by atoms with E-state index in [9.17, 15) is 26.4 Å². The molecule has 0 spiro atoms. The van der Waals surface area contributed by atoms with Crippen LogP contribution in [0.4, 0.5) is 0 Å². The van der Waals surface area contributed by atoms with Gasteiger partial charge in [-0.2, -0.15) is 16.8 Å². The number of carbonyl (C=O) groups excluding carboxylic acids is 2. The maximum absolute atomic E-state index is 12.0. The Morgan fingerprint density at radius 3 is 2.09 bits per heavy atom. The molecule has 14 heteroatoms. The second-order valence-corrected chi connectivity index (χ2v) is 11.8. The lowest BCUT2D eigenvalue weighted by Gasteiger charge is -2.45. The minimum Gasteiger partial charge on any atom is -0.346 e. The van der Waals surface area contributed by atoms with Crippen LogP contribution in [-0.2, 0) is 54.3 Å². The topological polar surface area (TPSA) is 151 Å². The van der Waals surface area contributed by atoms with E-state index >= 15 is 0 Å². The summed E-state index contributed by atoms with van der Waals surface area (Å²) in [6.07, 6.45) is -3.81. The Hall–Kier alpha value is -1.55. The van der Waals surface area contributed by atoms with Crippen molar-refractivity contribution in [1.82, 2.24) is 5.32 Å². The molecule has 0 radical (unpaired) electrons. The molecule has 1 aromatic rings. The first kappa shape index (κ1) is 27.7. The Morgan fingerprint density at radius 2 is 1.58 bits per heavy atom. The summed E-state index contributed by atoms with van der Waals surface area (Å²) in [6.45, 7) is 2.54. The van der Waals surface area contributed by atoms with Crippen LogP contribution in [0.5, 0.6) is 0 Å². The SMILES string of the molecule is CC(=O)N[C@@H]1[C@H](OCc2ccccc2)O[C@H](CSC(C)=O)[C@@H](OS(C)(=O)=O)[C@@H]1OS(C)(=O)=O. The molecular formula is C19H27NO10S3. The van der Waals surface area contributed by atoms with Gasteiger partial charge >= 0.3 is 0 Å². The molecule has 186 valence electrons. The highest BCUT2D eigenvalue weighted by Gasteiger charge is 2.51. The molecule has 11 nitrogen and oxygen atoms in total. The molecule has 0 unspecified atom stereocenters. The van der Waals surface area contributed by atoms with Crippen LogP contribution in [0.15, 0.2) is 30.3 Å². The molecular weight excluding hydrogens is 498 g/mol. The molecule has 1 fully saturated rings. The van der Waals surface area contributed by atoms with Crippen LogP contribution in [0, 0.1) is 0 Å². The van der Waals surface area contributed by atoms with E-state index in [0.717, 1.165) is 29.8 Å². The van der Waals surface area contributed by atoms with Gasteiger partial charge in [-0.05, 0) is 5.56 Å². The van der Waals surface area contributed by atoms with Crippen molar-refractivity contribution in [3.63, 3.8) is 0 Å². The van der Waals surface area contributed by atoms with E-state index in [-0.39, 0.29) is 17.5 Å². The zero-order valence-electron chi connectivity index (χ0n) is 18.5. The van der Waals surface area contributed by atoms with Gasteiger partial charge in [0, 0.05) is 19.6 Å². The Labute approximate surface area is 197 Å². The molecule has 1 saturated heterocycles. The van der Waals surface area contributed by atoms with Gasteiger partial charge < -0.3 is 14.8 Å². The number of rotatable bonds is 10. The average molecular weight is 526 g/mol. The van der Waals surface area contributed by atoms with Gasteiger partial charge in [-0.1, -0.05) is 42.1 Å². The number of hydrogen-bond acceptors (Lipinski definition) is 11. The van der Waals surface area contributed by atoms with Crippen LogP contribution in [0.3, 0.4) is 0 Å². The summed E-state index contributed by atoms with van der Waals surface area (Å²) in [7, 11) is -8.25. The quantitative estimate of drug-likeness (QED) is 0.423. The third-order valence-corrected chi connectivity index (χ3v) is 6.34. The van der Waals surface area contributed by atoms with Gasteiger partial charge in [-0.15, -0.1) is 0 Å². The highest BCUT2D eigenvalue weighted by molar-refractivity contribution is 8.13. The van der Waals surface area contributed by atoms with Gasteiger partial charge in [-0.25, -0.2) is 0 Å². The summed E-state index contributed by atoms with van der Waals surface area (Å²) in [4.78, 5) is 23.4. The number of benzene rings is 1. The second kappa shape index (κ2) is 11.7. The minimum absolute atomic E-state index is 0.0390. The van der Waals surface area contributed by atoms with E-state index in [4.69, 9.17) is 17.8 Å². The summed E-state index contributed by atoms with van der Waals surface area (Å²) in [6, 6.07) is 7.75. The van der Waals surface area contributed by atoms with Crippen molar-refractivity contribution in [2.45, 2.75) is 51.1 Å². The molecule has 2 rings (SSSR count). The Kier molecular flexibility index (Phi) is 9.84. The molecule has 0 bridgehead atoms. The third-order valence-electron chi connectivity index (χ3n) is 4.30. The third kappa shape index (κ3) is 9.68. The van der Waals surface area contributed by atoms with Crippen LogP contribution >= 0.6 is 11.8 Å². The molecule has 1 heterocycles. The standard InChI is InChI=1S/C19H27NO10S3/c1-12(21)20-16-18(30-33(4,25)26)17(29-32(3,23)24)15(11-31-13(2)22)28-19(16)27-10-14-8-6-5-7-9-14/h5-9,15-19H,10-11H2,1-4H3,(H,20,21)/t15-,16+,17-,18-,19-/m1/s1. The molecule has 1 N–H and O–H groups in total. The Balaban J connectivity index is 2.46. The van der Waals surface area contributed by atoms with Crippen molar-refractivity contribution in [3.8, 4) is 0 Å². The van der Waals surface area contributed by atoms with E-state index in [1.165, 1.54) is 13.8 Å². The Bertz CT molecular complexity index is 1030. The van der Waals surface area contributed by atoms with E-state index in [1.54, 1.807) is 24.3 Å². The Morgan fingerprint density at radius 1 is 1.00 bits per heavy atom. The largest absolute Gasteiger partial charge is 0.346 e. The first-order valence-electron chi connectivity index (χ1n) is 9.73. The van der Waals surface area contributed by atoms with Crippen molar-refractivity contribution in [1.29, 1.82) is 0 Å². The highest BCUT2D eigenvalue weighted by atomic mass is 32.2. The molecule has 1 aromatic carbocycles. The number of carbonyl (C=O) groups is 2. The van der Waals surface area contributed by atoms with Crippen molar-refractivity contribution < 1.29 is 44.3 Å². The number of ether oxygens (including phenoxy) is 2. The van der Waals surface area contributed by atoms with Gasteiger partial charge in [0.2, 0.25) is 5.91 Å². The summed E-state index contributed by atoms with van der Waals surface area (Å²) in [5, 5.41) is 2.24. The molecule has 0 saturated carbocycles. The lowest BCUT2D eigenvalue weighted by molar-refractivity contribution is -0.253. The molecule has 1 amide bonds. The molecule has 33 heavy (non-hydrogen) atoms. The van der Waals surface area contributed by atoms with Crippen LogP contribution in [0.2, 0.25) is 0 Å². The van der Waals surface area contributed by atoms with Crippen LogP contribution in [0.1, 0.15) is 19.4 Å². The average Bonchev–Trinajstić information content (AvgIpc) is 2.67. The van der Waals surface area contributed by atoms with E-state index in [1.807, 2.05) is 6.07 Å². The van der Waals surface area contributed by atoms with Crippen LogP contribution < -0.4 is 5.32 Å². The normalized spacial score (nSPS) is 26.0. The lowest BCUT2D eigenvalue weighted by Crippen LogP contribution is -2.66. The monoisotopic (exact) mass is 525 g/mol. The zero-order valence-corrected chi connectivity index (χ0v) is 20.9. The zero-order chi connectivity index (χ0) is 24.8. The first-order valence-corrected chi connectivity index (χ1v) is 14.3. The predicted octanol–water partition coefficient (Wildman–Crippen LogP) is 0.402. The smallest absolute Gasteiger partial charge is 0.264 e. The number of thioether (sulfide) groups is 1. The highest BCUT2D eigenvalue weighted by Crippen LogP contribution is 2.31. The fourth-order valence-electron chi connectivity index (χ4n) is 3.15. The van der Waals surface area contributed by atoms with Crippen molar-refractivity contribution >= 4 is 43.0 Å². The molecule has 1 aliphatic rings. The van der Waals surface area contributed by atoms with Gasteiger partial charge in [0.1, 0.15) is 24.4 Å². The van der Waals surface area contributed by atoms with Gasteiger partial charge in [-0.3, -0.25) is 18.0 Å². The summed E-state index contributed by atoms with van der Waals surface area (Å²) in [5.74, 6) is -0.634.